The number of thiocarbonyl (C=S) groups is 1. The summed E-state index contributed by atoms with van der Waals surface area (Å²) in [6.07, 6.45) is 0. The van der Waals surface area contributed by atoms with Gasteiger partial charge in [-0.15, -0.1) is 0 Å². The molecule has 17 heavy (non-hydrogen) atoms. The number of halogens is 1. The van der Waals surface area contributed by atoms with E-state index >= 15 is 0 Å². The standard InChI is InChI=1S/C10H13ClN2O2S2/c1-7(10(12)16)17(14,15)13-6-8-3-2-4-9(11)5-8/h2-5,7,13H,6H2,1H3,(H2,12,16). The largest absolute Gasteiger partial charge is 0.392 e. The van der Waals surface area contributed by atoms with Crippen LogP contribution in [0.15, 0.2) is 24.3 Å². The first-order valence-electron chi connectivity index (χ1n) is 4.85. The molecule has 1 rings (SSSR count). The van der Waals surface area contributed by atoms with Crippen LogP contribution in [0.5, 0.6) is 0 Å². The third-order valence-corrected chi connectivity index (χ3v) is 4.70. The number of hydrogen-bond donors (Lipinski definition) is 2. The number of sulfonamides is 1. The normalized spacial score (nSPS) is 13.3. The molecule has 0 heterocycles. The van der Waals surface area contributed by atoms with Gasteiger partial charge in [-0.3, -0.25) is 0 Å². The van der Waals surface area contributed by atoms with Crippen molar-refractivity contribution in [1.82, 2.24) is 4.72 Å². The van der Waals surface area contributed by atoms with Crippen LogP contribution in [0.2, 0.25) is 5.02 Å². The van der Waals surface area contributed by atoms with Gasteiger partial charge in [-0.2, -0.15) is 0 Å². The summed E-state index contributed by atoms with van der Waals surface area (Å²) in [5.41, 5.74) is 6.08. The summed E-state index contributed by atoms with van der Waals surface area (Å²) in [5.74, 6) is 0. The van der Waals surface area contributed by atoms with Crippen LogP contribution in [0, 0.1) is 0 Å². The molecule has 1 atom stereocenters. The molecule has 0 fully saturated rings. The van der Waals surface area contributed by atoms with Crippen LogP contribution in [0.25, 0.3) is 0 Å². The van der Waals surface area contributed by atoms with Gasteiger partial charge in [0.15, 0.2) is 0 Å². The third-order valence-electron chi connectivity index (χ3n) is 2.23. The smallest absolute Gasteiger partial charge is 0.221 e. The first-order chi connectivity index (χ1) is 7.83. The highest BCUT2D eigenvalue weighted by Crippen LogP contribution is 2.11. The highest BCUT2D eigenvalue weighted by molar-refractivity contribution is 7.93. The van der Waals surface area contributed by atoms with Crippen LogP contribution in [0.3, 0.4) is 0 Å². The van der Waals surface area contributed by atoms with Crippen molar-refractivity contribution in [3.05, 3.63) is 34.9 Å². The second-order valence-electron chi connectivity index (χ2n) is 3.54. The van der Waals surface area contributed by atoms with Crippen molar-refractivity contribution in [2.45, 2.75) is 18.7 Å². The van der Waals surface area contributed by atoms with Gasteiger partial charge in [-0.05, 0) is 24.6 Å². The molecule has 3 N–H and O–H groups in total. The van der Waals surface area contributed by atoms with Gasteiger partial charge in [0.25, 0.3) is 0 Å². The number of nitrogens with two attached hydrogens (primary N) is 1. The molecule has 4 nitrogen and oxygen atoms in total. The van der Waals surface area contributed by atoms with Crippen LogP contribution in [-0.4, -0.2) is 18.7 Å². The van der Waals surface area contributed by atoms with E-state index in [0.29, 0.717) is 5.02 Å². The zero-order valence-electron chi connectivity index (χ0n) is 9.18. The van der Waals surface area contributed by atoms with E-state index in [9.17, 15) is 8.42 Å². The van der Waals surface area contributed by atoms with E-state index in [2.05, 4.69) is 16.9 Å². The average Bonchev–Trinajstić information content (AvgIpc) is 2.25. The lowest BCUT2D eigenvalue weighted by molar-refractivity contribution is 0.578. The quantitative estimate of drug-likeness (QED) is 0.806. The Hall–Kier alpha value is -0.690. The molecule has 1 aromatic carbocycles. The Labute approximate surface area is 111 Å². The molecule has 1 unspecified atom stereocenters. The number of benzene rings is 1. The highest BCUT2D eigenvalue weighted by atomic mass is 35.5. The van der Waals surface area contributed by atoms with Crippen LogP contribution >= 0.6 is 23.8 Å². The van der Waals surface area contributed by atoms with Crippen LogP contribution in [-0.2, 0) is 16.6 Å². The molecule has 94 valence electrons. The van der Waals surface area contributed by atoms with Gasteiger partial charge < -0.3 is 5.73 Å². The predicted octanol–water partition coefficient (Wildman–Crippen LogP) is 1.43. The molecule has 0 saturated heterocycles. The van der Waals surface area contributed by atoms with E-state index in [1.165, 1.54) is 6.92 Å². The summed E-state index contributed by atoms with van der Waals surface area (Å²) in [6, 6.07) is 6.94. The van der Waals surface area contributed by atoms with Gasteiger partial charge in [0, 0.05) is 11.6 Å². The van der Waals surface area contributed by atoms with E-state index < -0.39 is 15.3 Å². The highest BCUT2D eigenvalue weighted by Gasteiger charge is 2.22. The van der Waals surface area contributed by atoms with Crippen molar-refractivity contribution in [1.29, 1.82) is 0 Å². The number of hydrogen-bond acceptors (Lipinski definition) is 3. The van der Waals surface area contributed by atoms with E-state index in [1.807, 2.05) is 0 Å². The lowest BCUT2D eigenvalue weighted by Crippen LogP contribution is -2.39. The molecular formula is C10H13ClN2O2S2. The third kappa shape index (κ3) is 4.23. The van der Waals surface area contributed by atoms with Gasteiger partial charge in [0.05, 0.1) is 4.99 Å². The molecule has 0 aliphatic carbocycles. The minimum atomic E-state index is -3.53. The predicted molar refractivity (Wildman–Crippen MR) is 73.5 cm³/mol. The van der Waals surface area contributed by atoms with Crippen molar-refractivity contribution in [3.63, 3.8) is 0 Å². The maximum Gasteiger partial charge on any atom is 0.221 e. The Morgan fingerprint density at radius 3 is 2.76 bits per heavy atom. The molecule has 0 amide bonds. The summed E-state index contributed by atoms with van der Waals surface area (Å²) >= 11 is 10.4. The van der Waals surface area contributed by atoms with E-state index in [4.69, 9.17) is 17.3 Å². The Balaban J connectivity index is 2.71. The second kappa shape index (κ2) is 5.77. The molecule has 1 aromatic rings. The van der Waals surface area contributed by atoms with E-state index in [-0.39, 0.29) is 11.5 Å². The fraction of sp³-hybridized carbons (Fsp3) is 0.300. The SMILES string of the molecule is CC(C(N)=S)S(=O)(=O)NCc1cccc(Cl)c1. The summed E-state index contributed by atoms with van der Waals surface area (Å²) in [6.45, 7) is 1.61. The van der Waals surface area contributed by atoms with Crippen molar-refractivity contribution >= 4 is 38.8 Å². The van der Waals surface area contributed by atoms with Crippen molar-refractivity contribution in [3.8, 4) is 0 Å². The molecule has 0 saturated carbocycles. The first-order valence-corrected chi connectivity index (χ1v) is 7.18. The molecule has 7 heteroatoms. The molecule has 0 bridgehead atoms. The van der Waals surface area contributed by atoms with Crippen LogP contribution in [0.1, 0.15) is 12.5 Å². The fourth-order valence-electron chi connectivity index (χ4n) is 1.11. The van der Waals surface area contributed by atoms with E-state index in [1.54, 1.807) is 24.3 Å². The zero-order valence-corrected chi connectivity index (χ0v) is 11.6. The summed E-state index contributed by atoms with van der Waals surface area (Å²) < 4.78 is 25.9. The molecule has 0 radical (unpaired) electrons. The monoisotopic (exact) mass is 292 g/mol. The maximum atomic E-state index is 11.7. The van der Waals surface area contributed by atoms with Crippen LogP contribution in [0.4, 0.5) is 0 Å². The maximum absolute atomic E-state index is 11.7. The molecule has 0 aromatic heterocycles. The topological polar surface area (TPSA) is 72.2 Å². The number of nitrogens with one attached hydrogen (secondary N) is 1. The Kier molecular flexibility index (Phi) is 4.88. The van der Waals surface area contributed by atoms with Gasteiger partial charge in [0.2, 0.25) is 10.0 Å². The average molecular weight is 293 g/mol. The summed E-state index contributed by atoms with van der Waals surface area (Å²) in [5, 5.41) is -0.333. The molecule has 0 aliphatic heterocycles. The first kappa shape index (κ1) is 14.4. The van der Waals surface area contributed by atoms with Crippen molar-refractivity contribution < 1.29 is 8.42 Å². The summed E-state index contributed by atoms with van der Waals surface area (Å²) in [7, 11) is -3.53. The lowest BCUT2D eigenvalue weighted by atomic mass is 10.2. The van der Waals surface area contributed by atoms with Crippen LogP contribution < -0.4 is 10.5 Å². The fourth-order valence-corrected chi connectivity index (χ4v) is 2.63. The minimum Gasteiger partial charge on any atom is -0.392 e. The summed E-state index contributed by atoms with van der Waals surface area (Å²) in [4.78, 5) is -0.0522. The zero-order chi connectivity index (χ0) is 13.1. The van der Waals surface area contributed by atoms with E-state index in [0.717, 1.165) is 5.56 Å². The molecule has 0 aliphatic rings. The molecular weight excluding hydrogens is 280 g/mol. The Morgan fingerprint density at radius 1 is 1.59 bits per heavy atom. The van der Waals surface area contributed by atoms with Crippen molar-refractivity contribution in [2.75, 3.05) is 0 Å². The van der Waals surface area contributed by atoms with Gasteiger partial charge in [-0.25, -0.2) is 13.1 Å². The van der Waals surface area contributed by atoms with Gasteiger partial charge >= 0.3 is 0 Å². The minimum absolute atomic E-state index is 0.0522. The Bertz CT molecular complexity index is 517. The molecule has 0 spiro atoms. The Morgan fingerprint density at radius 2 is 2.24 bits per heavy atom. The second-order valence-corrected chi connectivity index (χ2v) is 6.53. The number of rotatable bonds is 5. The van der Waals surface area contributed by atoms with Gasteiger partial charge in [-0.1, -0.05) is 36.0 Å². The lowest BCUT2D eigenvalue weighted by Gasteiger charge is -2.12. The van der Waals surface area contributed by atoms with Gasteiger partial charge in [0.1, 0.15) is 5.25 Å². The van der Waals surface area contributed by atoms with Crippen molar-refractivity contribution in [2.24, 2.45) is 5.73 Å².